The minimum Gasteiger partial charge on any atom is -0.493 e. The molecular formula is C15H24N2O5S. The number of piperazine rings is 1. The number of nitrogens with zero attached hydrogens (tertiary/aromatic N) is 2. The SMILES string of the molecule is COc1ccc(S(=O)(=O)N2CCN([C@H](C)CO)CC2)cc1OC. The Kier molecular flexibility index (Phi) is 5.85. The van der Waals surface area contributed by atoms with Crippen LogP contribution < -0.4 is 9.47 Å². The van der Waals surface area contributed by atoms with Gasteiger partial charge in [0, 0.05) is 38.3 Å². The second-order valence-corrected chi connectivity index (χ2v) is 7.43. The van der Waals surface area contributed by atoms with Gasteiger partial charge in [0.05, 0.1) is 25.7 Å². The van der Waals surface area contributed by atoms with E-state index in [1.165, 1.54) is 30.7 Å². The Labute approximate surface area is 137 Å². The summed E-state index contributed by atoms with van der Waals surface area (Å²) in [6.45, 7) is 4.02. The monoisotopic (exact) mass is 344 g/mol. The van der Waals surface area contributed by atoms with Crippen molar-refractivity contribution in [1.29, 1.82) is 0 Å². The highest BCUT2D eigenvalue weighted by molar-refractivity contribution is 7.89. The molecule has 1 fully saturated rings. The first-order valence-corrected chi connectivity index (χ1v) is 8.95. The van der Waals surface area contributed by atoms with E-state index in [1.807, 2.05) is 6.92 Å². The molecule has 1 heterocycles. The summed E-state index contributed by atoms with van der Waals surface area (Å²) in [6, 6.07) is 4.65. The summed E-state index contributed by atoms with van der Waals surface area (Å²) in [4.78, 5) is 2.28. The van der Waals surface area contributed by atoms with Crippen LogP contribution in [0.5, 0.6) is 11.5 Å². The minimum absolute atomic E-state index is 0.0425. The van der Waals surface area contributed by atoms with Crippen molar-refractivity contribution in [1.82, 2.24) is 9.21 Å². The third-order valence-corrected chi connectivity index (χ3v) is 6.05. The molecule has 130 valence electrons. The van der Waals surface area contributed by atoms with Crippen LogP contribution >= 0.6 is 0 Å². The van der Waals surface area contributed by atoms with Crippen molar-refractivity contribution in [2.24, 2.45) is 0 Å². The summed E-state index contributed by atoms with van der Waals surface area (Å²) in [5, 5.41) is 9.20. The van der Waals surface area contributed by atoms with Crippen LogP contribution in [-0.2, 0) is 10.0 Å². The van der Waals surface area contributed by atoms with Crippen molar-refractivity contribution >= 4 is 10.0 Å². The Morgan fingerprint density at radius 1 is 1.13 bits per heavy atom. The molecule has 1 aliphatic rings. The topological polar surface area (TPSA) is 79.3 Å². The number of ether oxygens (including phenoxy) is 2. The second kappa shape index (κ2) is 7.48. The molecule has 23 heavy (non-hydrogen) atoms. The highest BCUT2D eigenvalue weighted by Crippen LogP contribution is 2.30. The maximum atomic E-state index is 12.8. The van der Waals surface area contributed by atoms with Gasteiger partial charge in [-0.1, -0.05) is 0 Å². The van der Waals surface area contributed by atoms with Crippen molar-refractivity contribution in [2.75, 3.05) is 47.0 Å². The number of aliphatic hydroxyl groups is 1. The fourth-order valence-corrected chi connectivity index (χ4v) is 4.06. The van der Waals surface area contributed by atoms with E-state index in [2.05, 4.69) is 4.90 Å². The molecule has 0 spiro atoms. The van der Waals surface area contributed by atoms with Gasteiger partial charge in [-0.2, -0.15) is 4.31 Å². The molecule has 1 atom stereocenters. The maximum absolute atomic E-state index is 12.8. The zero-order valence-electron chi connectivity index (χ0n) is 13.7. The van der Waals surface area contributed by atoms with Crippen molar-refractivity contribution in [3.63, 3.8) is 0 Å². The number of methoxy groups -OCH3 is 2. The molecule has 0 unspecified atom stereocenters. The third-order valence-electron chi connectivity index (χ3n) is 4.15. The van der Waals surface area contributed by atoms with E-state index in [1.54, 1.807) is 6.07 Å². The van der Waals surface area contributed by atoms with Gasteiger partial charge in [-0.15, -0.1) is 0 Å². The summed E-state index contributed by atoms with van der Waals surface area (Å²) in [6.07, 6.45) is 0. The van der Waals surface area contributed by atoms with Crippen molar-refractivity contribution in [2.45, 2.75) is 17.9 Å². The van der Waals surface area contributed by atoms with E-state index in [9.17, 15) is 13.5 Å². The lowest BCUT2D eigenvalue weighted by molar-refractivity contribution is 0.100. The van der Waals surface area contributed by atoms with Gasteiger partial charge in [-0.05, 0) is 19.1 Å². The fourth-order valence-electron chi connectivity index (χ4n) is 2.63. The van der Waals surface area contributed by atoms with Crippen LogP contribution in [0.1, 0.15) is 6.92 Å². The molecule has 0 radical (unpaired) electrons. The summed E-state index contributed by atoms with van der Waals surface area (Å²) >= 11 is 0. The van der Waals surface area contributed by atoms with Crippen LogP contribution in [0, 0.1) is 0 Å². The van der Waals surface area contributed by atoms with Gasteiger partial charge in [-0.3, -0.25) is 4.90 Å². The van der Waals surface area contributed by atoms with Crippen LogP contribution in [0.15, 0.2) is 23.1 Å². The van der Waals surface area contributed by atoms with Crippen LogP contribution in [0.3, 0.4) is 0 Å². The normalized spacial score (nSPS) is 18.6. The molecule has 0 aliphatic carbocycles. The lowest BCUT2D eigenvalue weighted by Gasteiger charge is -2.36. The summed E-state index contributed by atoms with van der Waals surface area (Å²) in [5.74, 6) is 0.883. The van der Waals surface area contributed by atoms with Crippen LogP contribution in [0.2, 0.25) is 0 Å². The van der Waals surface area contributed by atoms with Gasteiger partial charge >= 0.3 is 0 Å². The van der Waals surface area contributed by atoms with Gasteiger partial charge in [0.2, 0.25) is 10.0 Å². The van der Waals surface area contributed by atoms with E-state index in [4.69, 9.17) is 9.47 Å². The van der Waals surface area contributed by atoms with Gasteiger partial charge in [-0.25, -0.2) is 8.42 Å². The molecule has 0 aromatic heterocycles. The Balaban J connectivity index is 2.17. The molecule has 8 heteroatoms. The largest absolute Gasteiger partial charge is 0.493 e. The first kappa shape index (κ1) is 18.0. The smallest absolute Gasteiger partial charge is 0.243 e. The van der Waals surface area contributed by atoms with Gasteiger partial charge < -0.3 is 14.6 Å². The Bertz CT molecular complexity index is 627. The zero-order valence-corrected chi connectivity index (χ0v) is 14.5. The highest BCUT2D eigenvalue weighted by atomic mass is 32.2. The fraction of sp³-hybridized carbons (Fsp3) is 0.600. The first-order chi connectivity index (χ1) is 10.9. The predicted molar refractivity (Wildman–Crippen MR) is 86.4 cm³/mol. The van der Waals surface area contributed by atoms with Gasteiger partial charge in [0.25, 0.3) is 0 Å². The molecule has 1 aromatic rings. The molecule has 1 saturated heterocycles. The molecule has 7 nitrogen and oxygen atoms in total. The summed E-state index contributed by atoms with van der Waals surface area (Å²) in [7, 11) is -0.584. The van der Waals surface area contributed by atoms with Gasteiger partial charge in [0.1, 0.15) is 0 Å². The zero-order chi connectivity index (χ0) is 17.0. The van der Waals surface area contributed by atoms with Crippen LogP contribution in [0.25, 0.3) is 0 Å². The number of benzene rings is 1. The molecule has 0 amide bonds. The average Bonchev–Trinajstić information content (AvgIpc) is 2.60. The Hall–Kier alpha value is -1.35. The van der Waals surface area contributed by atoms with E-state index < -0.39 is 10.0 Å². The summed E-state index contributed by atoms with van der Waals surface area (Å²) in [5.41, 5.74) is 0. The van der Waals surface area contributed by atoms with Gasteiger partial charge in [0.15, 0.2) is 11.5 Å². The molecule has 0 bridgehead atoms. The predicted octanol–water partition coefficient (Wildman–Crippen LogP) is 0.391. The lowest BCUT2D eigenvalue weighted by atomic mass is 10.2. The van der Waals surface area contributed by atoms with E-state index in [0.29, 0.717) is 37.7 Å². The number of aliphatic hydroxyl groups excluding tert-OH is 1. The first-order valence-electron chi connectivity index (χ1n) is 7.51. The van der Waals surface area contributed by atoms with Crippen molar-refractivity contribution in [3.05, 3.63) is 18.2 Å². The Morgan fingerprint density at radius 2 is 1.74 bits per heavy atom. The lowest BCUT2D eigenvalue weighted by Crippen LogP contribution is -2.52. The second-order valence-electron chi connectivity index (χ2n) is 5.49. The molecule has 2 rings (SSSR count). The van der Waals surface area contributed by atoms with E-state index in [-0.39, 0.29) is 17.5 Å². The quantitative estimate of drug-likeness (QED) is 0.804. The number of rotatable bonds is 6. The average molecular weight is 344 g/mol. The number of hydrogen-bond acceptors (Lipinski definition) is 6. The highest BCUT2D eigenvalue weighted by Gasteiger charge is 2.30. The standard InChI is InChI=1S/C15H24N2O5S/c1-12(11-18)16-6-8-17(9-7-16)23(19,20)13-4-5-14(21-2)15(10-13)22-3/h4-5,10,12,18H,6-9,11H2,1-3H3/t12-/m1/s1. The summed E-state index contributed by atoms with van der Waals surface area (Å²) < 4.78 is 37.3. The molecule has 0 saturated carbocycles. The van der Waals surface area contributed by atoms with Crippen molar-refractivity contribution < 1.29 is 23.0 Å². The van der Waals surface area contributed by atoms with E-state index in [0.717, 1.165) is 0 Å². The maximum Gasteiger partial charge on any atom is 0.243 e. The van der Waals surface area contributed by atoms with Crippen LogP contribution in [0.4, 0.5) is 0 Å². The van der Waals surface area contributed by atoms with Crippen molar-refractivity contribution in [3.8, 4) is 11.5 Å². The molecular weight excluding hydrogens is 320 g/mol. The minimum atomic E-state index is -3.57. The number of hydrogen-bond donors (Lipinski definition) is 1. The molecule has 1 aliphatic heterocycles. The molecule has 1 aromatic carbocycles. The van der Waals surface area contributed by atoms with Crippen LogP contribution in [-0.4, -0.2) is 75.8 Å². The number of sulfonamides is 1. The van der Waals surface area contributed by atoms with E-state index >= 15 is 0 Å². The Morgan fingerprint density at radius 3 is 2.26 bits per heavy atom. The molecule has 1 N–H and O–H groups in total. The third kappa shape index (κ3) is 3.77.